The summed E-state index contributed by atoms with van der Waals surface area (Å²) >= 11 is 0. The van der Waals surface area contributed by atoms with Crippen molar-refractivity contribution in [2.75, 3.05) is 0 Å². The molecule has 0 spiro atoms. The van der Waals surface area contributed by atoms with Crippen molar-refractivity contribution in [3.8, 4) is 0 Å². The summed E-state index contributed by atoms with van der Waals surface area (Å²) in [6, 6.07) is 30.4. The van der Waals surface area contributed by atoms with Crippen molar-refractivity contribution in [2.45, 2.75) is 12.5 Å². The smallest absolute Gasteiger partial charge is 0.320 e. The molecule has 0 saturated heterocycles. The Hall–Kier alpha value is -3.43. The Kier molecular flexibility index (Phi) is 4.92. The molecule has 0 fully saturated rings. The van der Waals surface area contributed by atoms with Crippen LogP contribution in [0, 0.1) is 0 Å². The molecule has 3 N–H and O–H groups in total. The molecule has 138 valence electrons. The highest BCUT2D eigenvalue weighted by Gasteiger charge is 2.11. The topological polar surface area (TPSA) is 63.3 Å². The summed E-state index contributed by atoms with van der Waals surface area (Å²) in [7, 11) is 0. The van der Waals surface area contributed by atoms with Gasteiger partial charge in [-0.05, 0) is 44.3 Å². The normalized spacial score (nSPS) is 12.0. The molecule has 0 aliphatic rings. The van der Waals surface area contributed by atoms with Gasteiger partial charge in [-0.3, -0.25) is 4.79 Å². The summed E-state index contributed by atoms with van der Waals surface area (Å²) in [4.78, 5) is 10.4. The van der Waals surface area contributed by atoms with Crippen LogP contribution in [0.5, 0.6) is 0 Å². The molecule has 5 aromatic rings. The zero-order valence-electron chi connectivity index (χ0n) is 15.4. The number of aliphatic carboxylic acids is 1. The molecule has 0 saturated carbocycles. The van der Waals surface area contributed by atoms with E-state index in [1.807, 2.05) is 30.3 Å². The Morgan fingerprint density at radius 3 is 1.50 bits per heavy atom. The Bertz CT molecular complexity index is 1100. The molecule has 0 aliphatic heterocycles. The Labute approximate surface area is 163 Å². The van der Waals surface area contributed by atoms with E-state index in [2.05, 4.69) is 60.7 Å². The first-order chi connectivity index (χ1) is 13.6. The lowest BCUT2D eigenvalue weighted by Crippen LogP contribution is -2.32. The van der Waals surface area contributed by atoms with E-state index in [-0.39, 0.29) is 0 Å². The zero-order valence-corrected chi connectivity index (χ0v) is 15.4. The van der Waals surface area contributed by atoms with Gasteiger partial charge >= 0.3 is 5.97 Å². The second-order valence-electron chi connectivity index (χ2n) is 6.92. The van der Waals surface area contributed by atoms with E-state index in [0.717, 1.165) is 5.56 Å². The third-order valence-corrected chi connectivity index (χ3v) is 5.01. The van der Waals surface area contributed by atoms with E-state index in [9.17, 15) is 4.79 Å². The van der Waals surface area contributed by atoms with Crippen LogP contribution < -0.4 is 5.73 Å². The lowest BCUT2D eigenvalue weighted by molar-refractivity contribution is -0.138. The number of rotatable bonds is 3. The minimum absolute atomic E-state index is 0.385. The van der Waals surface area contributed by atoms with Crippen LogP contribution in [0.25, 0.3) is 32.3 Å². The first-order valence-electron chi connectivity index (χ1n) is 9.28. The van der Waals surface area contributed by atoms with Crippen LogP contribution >= 0.6 is 0 Å². The lowest BCUT2D eigenvalue weighted by Gasteiger charge is -2.09. The average molecular weight is 367 g/mol. The van der Waals surface area contributed by atoms with Crippen molar-refractivity contribution in [3.05, 3.63) is 96.6 Å². The predicted octanol–water partition coefficient (Wildman–Crippen LogP) is 5.23. The number of hydrogen-bond donors (Lipinski definition) is 2. The number of carbonyl (C=O) groups is 1. The maximum absolute atomic E-state index is 10.4. The second kappa shape index (κ2) is 7.67. The summed E-state index contributed by atoms with van der Waals surface area (Å²) in [5.41, 5.74) is 6.30. The molecule has 28 heavy (non-hydrogen) atoms. The summed E-state index contributed by atoms with van der Waals surface area (Å²) < 4.78 is 0. The largest absolute Gasteiger partial charge is 0.480 e. The fourth-order valence-electron chi connectivity index (χ4n) is 3.62. The van der Waals surface area contributed by atoms with Crippen LogP contribution in [-0.2, 0) is 11.2 Å². The van der Waals surface area contributed by atoms with Crippen molar-refractivity contribution in [2.24, 2.45) is 5.73 Å². The first-order valence-corrected chi connectivity index (χ1v) is 9.28. The SMILES string of the molecule is NC(Cc1ccccc1)C(=O)O.c1cc2ccc3cccc4ccc(c1)c2c34. The quantitative estimate of drug-likeness (QED) is 0.430. The lowest BCUT2D eigenvalue weighted by atomic mass is 9.95. The van der Waals surface area contributed by atoms with E-state index >= 15 is 0 Å². The van der Waals surface area contributed by atoms with Crippen LogP contribution in [0.3, 0.4) is 0 Å². The molecule has 0 radical (unpaired) electrons. The minimum atomic E-state index is -0.959. The standard InChI is InChI=1S/C16H10.C9H11NO2/c1-3-11-7-9-13-5-2-6-14-10-8-12(4-1)15(11)16(13)14;10-8(9(11)12)6-7-4-2-1-3-5-7/h1-10H;1-5,8H,6,10H2,(H,11,12). The second-order valence-corrected chi connectivity index (χ2v) is 6.92. The van der Waals surface area contributed by atoms with Crippen LogP contribution in [-0.4, -0.2) is 17.1 Å². The van der Waals surface area contributed by atoms with E-state index in [4.69, 9.17) is 10.8 Å². The predicted molar refractivity (Wildman–Crippen MR) is 116 cm³/mol. The van der Waals surface area contributed by atoms with Crippen molar-refractivity contribution < 1.29 is 9.90 Å². The van der Waals surface area contributed by atoms with Crippen molar-refractivity contribution in [1.29, 1.82) is 0 Å². The monoisotopic (exact) mass is 367 g/mol. The van der Waals surface area contributed by atoms with Crippen LogP contribution in [0.2, 0.25) is 0 Å². The third kappa shape index (κ3) is 3.53. The highest BCUT2D eigenvalue weighted by Crippen LogP contribution is 2.33. The fraction of sp³-hybridized carbons (Fsp3) is 0.0800. The van der Waals surface area contributed by atoms with Gasteiger partial charge in [0.1, 0.15) is 6.04 Å². The van der Waals surface area contributed by atoms with Crippen LogP contribution in [0.1, 0.15) is 5.56 Å². The number of nitrogens with two attached hydrogens (primary N) is 1. The van der Waals surface area contributed by atoms with Gasteiger partial charge in [0.2, 0.25) is 0 Å². The molecular formula is C25H21NO2. The van der Waals surface area contributed by atoms with E-state index in [0.29, 0.717) is 6.42 Å². The Morgan fingerprint density at radius 1 is 0.679 bits per heavy atom. The molecule has 0 bridgehead atoms. The fourth-order valence-corrected chi connectivity index (χ4v) is 3.62. The third-order valence-electron chi connectivity index (χ3n) is 5.01. The maximum Gasteiger partial charge on any atom is 0.320 e. The van der Waals surface area contributed by atoms with E-state index in [1.165, 1.54) is 32.3 Å². The highest BCUT2D eigenvalue weighted by atomic mass is 16.4. The molecule has 0 amide bonds. The summed E-state index contributed by atoms with van der Waals surface area (Å²) in [5.74, 6) is -0.959. The maximum atomic E-state index is 10.4. The van der Waals surface area contributed by atoms with E-state index in [1.54, 1.807) is 0 Å². The average Bonchev–Trinajstić information content (AvgIpc) is 2.73. The summed E-state index contributed by atoms with van der Waals surface area (Å²) in [6.07, 6.45) is 0.385. The molecule has 0 aromatic heterocycles. The highest BCUT2D eigenvalue weighted by molar-refractivity contribution is 6.22. The number of carboxylic acid groups (broad SMARTS) is 1. The van der Waals surface area contributed by atoms with Gasteiger partial charge in [0.15, 0.2) is 0 Å². The van der Waals surface area contributed by atoms with Crippen molar-refractivity contribution in [1.82, 2.24) is 0 Å². The molecule has 0 aliphatic carbocycles. The number of benzene rings is 5. The Balaban J connectivity index is 0.000000145. The van der Waals surface area contributed by atoms with Gasteiger partial charge in [-0.1, -0.05) is 91.0 Å². The van der Waals surface area contributed by atoms with Gasteiger partial charge in [-0.25, -0.2) is 0 Å². The molecule has 5 rings (SSSR count). The van der Waals surface area contributed by atoms with Gasteiger partial charge in [-0.15, -0.1) is 0 Å². The van der Waals surface area contributed by atoms with Crippen molar-refractivity contribution in [3.63, 3.8) is 0 Å². The molecule has 3 heteroatoms. The zero-order chi connectivity index (χ0) is 19.5. The van der Waals surface area contributed by atoms with E-state index < -0.39 is 12.0 Å². The molecule has 0 heterocycles. The minimum Gasteiger partial charge on any atom is -0.480 e. The number of hydrogen-bond acceptors (Lipinski definition) is 2. The van der Waals surface area contributed by atoms with Gasteiger partial charge in [0, 0.05) is 0 Å². The van der Waals surface area contributed by atoms with Crippen LogP contribution in [0.15, 0.2) is 91.0 Å². The van der Waals surface area contributed by atoms with Crippen molar-refractivity contribution >= 4 is 38.3 Å². The summed E-state index contributed by atoms with van der Waals surface area (Å²) in [6.45, 7) is 0. The van der Waals surface area contributed by atoms with Crippen LogP contribution in [0.4, 0.5) is 0 Å². The molecule has 1 unspecified atom stereocenters. The Morgan fingerprint density at radius 2 is 1.11 bits per heavy atom. The number of carboxylic acids is 1. The van der Waals surface area contributed by atoms with Gasteiger partial charge < -0.3 is 10.8 Å². The summed E-state index contributed by atoms with van der Waals surface area (Å²) in [5, 5.41) is 16.7. The van der Waals surface area contributed by atoms with Gasteiger partial charge in [0.25, 0.3) is 0 Å². The first kappa shape index (κ1) is 18.0. The molecular weight excluding hydrogens is 346 g/mol. The molecule has 1 atom stereocenters. The van der Waals surface area contributed by atoms with Gasteiger partial charge in [-0.2, -0.15) is 0 Å². The molecule has 3 nitrogen and oxygen atoms in total. The van der Waals surface area contributed by atoms with Gasteiger partial charge in [0.05, 0.1) is 0 Å². The molecule has 5 aromatic carbocycles.